The molecule has 0 radical (unpaired) electrons. The lowest BCUT2D eigenvalue weighted by Gasteiger charge is -2.12. The van der Waals surface area contributed by atoms with Crippen molar-refractivity contribution in [3.8, 4) is 11.5 Å². The molecule has 0 fully saturated rings. The van der Waals surface area contributed by atoms with Gasteiger partial charge in [-0.1, -0.05) is 29.8 Å². The molecule has 0 aliphatic heterocycles. The molecule has 0 aromatic heterocycles. The highest BCUT2D eigenvalue weighted by molar-refractivity contribution is 6.58. The van der Waals surface area contributed by atoms with Gasteiger partial charge in [-0.3, -0.25) is 0 Å². The summed E-state index contributed by atoms with van der Waals surface area (Å²) in [6.07, 6.45) is 0. The lowest BCUT2D eigenvalue weighted by atomic mass is 9.79. The zero-order valence-electron chi connectivity index (χ0n) is 11.5. The van der Waals surface area contributed by atoms with Gasteiger partial charge < -0.3 is 19.5 Å². The normalized spacial score (nSPS) is 10.2. The van der Waals surface area contributed by atoms with Gasteiger partial charge in [0, 0.05) is 5.56 Å². The molecule has 4 nitrogen and oxygen atoms in total. The van der Waals surface area contributed by atoms with E-state index in [9.17, 15) is 10.0 Å². The fraction of sp³-hybridized carbons (Fsp3) is 0.200. The van der Waals surface area contributed by atoms with E-state index in [0.29, 0.717) is 17.8 Å². The maximum Gasteiger partial charge on any atom is 0.488 e. The minimum atomic E-state index is -1.50. The quantitative estimate of drug-likeness (QED) is 0.804. The SMILES string of the molecule is COc1ccc(B(O)O)cc1COc1ccc(C)cc1. The molecule has 2 aromatic rings. The van der Waals surface area contributed by atoms with Gasteiger partial charge in [-0.25, -0.2) is 0 Å². The average Bonchev–Trinajstić information content (AvgIpc) is 2.46. The Morgan fingerprint density at radius 2 is 1.75 bits per heavy atom. The molecule has 0 saturated carbocycles. The monoisotopic (exact) mass is 272 g/mol. The molecule has 0 saturated heterocycles. The van der Waals surface area contributed by atoms with E-state index in [1.807, 2.05) is 31.2 Å². The first kappa shape index (κ1) is 14.4. The number of rotatable bonds is 5. The van der Waals surface area contributed by atoms with E-state index < -0.39 is 7.12 Å². The first-order chi connectivity index (χ1) is 9.60. The number of benzene rings is 2. The van der Waals surface area contributed by atoms with Crippen molar-refractivity contribution in [3.05, 3.63) is 53.6 Å². The van der Waals surface area contributed by atoms with Crippen LogP contribution in [0, 0.1) is 6.92 Å². The molecule has 104 valence electrons. The van der Waals surface area contributed by atoms with Crippen LogP contribution < -0.4 is 14.9 Å². The summed E-state index contributed by atoms with van der Waals surface area (Å²) in [4.78, 5) is 0. The summed E-state index contributed by atoms with van der Waals surface area (Å²) < 4.78 is 10.9. The van der Waals surface area contributed by atoms with Crippen LogP contribution >= 0.6 is 0 Å². The van der Waals surface area contributed by atoms with Gasteiger partial charge in [-0.05, 0) is 30.6 Å². The summed E-state index contributed by atoms with van der Waals surface area (Å²) in [7, 11) is 0.0683. The Hall–Kier alpha value is -1.98. The summed E-state index contributed by atoms with van der Waals surface area (Å²) in [5.41, 5.74) is 2.34. The van der Waals surface area contributed by atoms with Crippen LogP contribution in [0.25, 0.3) is 0 Å². The summed E-state index contributed by atoms with van der Waals surface area (Å²) in [6, 6.07) is 12.7. The third-order valence-electron chi connectivity index (χ3n) is 3.02. The van der Waals surface area contributed by atoms with Crippen molar-refractivity contribution in [2.75, 3.05) is 7.11 Å². The molecule has 2 rings (SSSR count). The van der Waals surface area contributed by atoms with Crippen molar-refractivity contribution >= 4 is 12.6 Å². The molecule has 0 unspecified atom stereocenters. The highest BCUT2D eigenvalue weighted by atomic mass is 16.5. The van der Waals surface area contributed by atoms with Crippen LogP contribution in [0.2, 0.25) is 0 Å². The van der Waals surface area contributed by atoms with E-state index in [0.717, 1.165) is 11.3 Å². The zero-order valence-corrected chi connectivity index (χ0v) is 11.5. The lowest BCUT2D eigenvalue weighted by Crippen LogP contribution is -2.30. The van der Waals surface area contributed by atoms with Crippen LogP contribution in [-0.4, -0.2) is 24.3 Å². The largest absolute Gasteiger partial charge is 0.496 e. The minimum absolute atomic E-state index is 0.298. The molecule has 0 atom stereocenters. The van der Waals surface area contributed by atoms with Gasteiger partial charge in [0.2, 0.25) is 0 Å². The Morgan fingerprint density at radius 3 is 2.35 bits per heavy atom. The third kappa shape index (κ3) is 3.53. The second-order valence-corrected chi connectivity index (χ2v) is 4.55. The lowest BCUT2D eigenvalue weighted by molar-refractivity contribution is 0.296. The number of aryl methyl sites for hydroxylation is 1. The first-order valence-electron chi connectivity index (χ1n) is 6.32. The maximum absolute atomic E-state index is 9.20. The van der Waals surface area contributed by atoms with Crippen LogP contribution in [-0.2, 0) is 6.61 Å². The molecule has 0 spiro atoms. The van der Waals surface area contributed by atoms with Crippen molar-refractivity contribution in [2.45, 2.75) is 13.5 Å². The van der Waals surface area contributed by atoms with Crippen LogP contribution in [0.4, 0.5) is 0 Å². The summed E-state index contributed by atoms with van der Waals surface area (Å²) in [5, 5.41) is 18.4. The topological polar surface area (TPSA) is 58.9 Å². The van der Waals surface area contributed by atoms with E-state index >= 15 is 0 Å². The van der Waals surface area contributed by atoms with Crippen LogP contribution in [0.1, 0.15) is 11.1 Å². The molecular formula is C15H17BO4. The Kier molecular flexibility index (Phi) is 4.66. The predicted molar refractivity (Wildman–Crippen MR) is 78.3 cm³/mol. The number of ether oxygens (including phenoxy) is 2. The molecule has 2 aromatic carbocycles. The Labute approximate surface area is 118 Å². The fourth-order valence-corrected chi connectivity index (χ4v) is 1.87. The predicted octanol–water partition coefficient (Wildman–Crippen LogP) is 1.26. The van der Waals surface area contributed by atoms with E-state index in [1.165, 1.54) is 5.56 Å². The molecule has 0 bridgehead atoms. The molecule has 0 aliphatic rings. The Bertz CT molecular complexity index is 567. The molecule has 20 heavy (non-hydrogen) atoms. The smallest absolute Gasteiger partial charge is 0.488 e. The van der Waals surface area contributed by atoms with E-state index in [-0.39, 0.29) is 0 Å². The van der Waals surface area contributed by atoms with Gasteiger partial charge in [-0.15, -0.1) is 0 Å². The highest BCUT2D eigenvalue weighted by Crippen LogP contribution is 2.20. The Balaban J connectivity index is 2.14. The third-order valence-corrected chi connectivity index (χ3v) is 3.02. The van der Waals surface area contributed by atoms with Crippen molar-refractivity contribution in [2.24, 2.45) is 0 Å². The average molecular weight is 272 g/mol. The number of hydrogen-bond donors (Lipinski definition) is 2. The van der Waals surface area contributed by atoms with Gasteiger partial charge in [0.15, 0.2) is 0 Å². The first-order valence-corrected chi connectivity index (χ1v) is 6.32. The summed E-state index contributed by atoms with van der Waals surface area (Å²) >= 11 is 0. The van der Waals surface area contributed by atoms with E-state index in [2.05, 4.69) is 0 Å². The number of hydrogen-bond acceptors (Lipinski definition) is 4. The zero-order chi connectivity index (χ0) is 14.5. The van der Waals surface area contributed by atoms with E-state index in [1.54, 1.807) is 25.3 Å². The number of methoxy groups -OCH3 is 1. The van der Waals surface area contributed by atoms with Gasteiger partial charge in [0.1, 0.15) is 18.1 Å². The van der Waals surface area contributed by atoms with Gasteiger partial charge >= 0.3 is 7.12 Å². The highest BCUT2D eigenvalue weighted by Gasteiger charge is 2.14. The standard InChI is InChI=1S/C15H17BO4/c1-11-3-6-14(7-4-11)20-10-12-9-13(16(17)18)5-8-15(12)19-2/h3-9,17-18H,10H2,1-2H3. The fourth-order valence-electron chi connectivity index (χ4n) is 1.87. The maximum atomic E-state index is 9.20. The summed E-state index contributed by atoms with van der Waals surface area (Å²) in [6.45, 7) is 2.31. The van der Waals surface area contributed by atoms with Crippen LogP contribution in [0.15, 0.2) is 42.5 Å². The van der Waals surface area contributed by atoms with Gasteiger partial charge in [0.25, 0.3) is 0 Å². The van der Waals surface area contributed by atoms with Gasteiger partial charge in [0.05, 0.1) is 7.11 Å². The van der Waals surface area contributed by atoms with Crippen LogP contribution in [0.3, 0.4) is 0 Å². The van der Waals surface area contributed by atoms with Crippen molar-refractivity contribution in [1.82, 2.24) is 0 Å². The van der Waals surface area contributed by atoms with Crippen molar-refractivity contribution < 1.29 is 19.5 Å². The van der Waals surface area contributed by atoms with E-state index in [4.69, 9.17) is 9.47 Å². The summed E-state index contributed by atoms with van der Waals surface area (Å²) in [5.74, 6) is 1.41. The van der Waals surface area contributed by atoms with Crippen molar-refractivity contribution in [1.29, 1.82) is 0 Å². The second-order valence-electron chi connectivity index (χ2n) is 4.55. The Morgan fingerprint density at radius 1 is 1.05 bits per heavy atom. The van der Waals surface area contributed by atoms with Crippen molar-refractivity contribution in [3.63, 3.8) is 0 Å². The molecule has 2 N–H and O–H groups in total. The molecular weight excluding hydrogens is 255 g/mol. The van der Waals surface area contributed by atoms with Crippen LogP contribution in [0.5, 0.6) is 11.5 Å². The minimum Gasteiger partial charge on any atom is -0.496 e. The molecule has 5 heteroatoms. The second kappa shape index (κ2) is 6.46. The molecule has 0 heterocycles. The molecule has 0 aliphatic carbocycles. The molecule has 0 amide bonds. The van der Waals surface area contributed by atoms with Gasteiger partial charge in [-0.2, -0.15) is 0 Å².